The second-order valence-corrected chi connectivity index (χ2v) is 1.66. The van der Waals surface area contributed by atoms with Gasteiger partial charge in [0.25, 0.3) is 0 Å². The summed E-state index contributed by atoms with van der Waals surface area (Å²) < 4.78 is 0. The van der Waals surface area contributed by atoms with Gasteiger partial charge in [0.05, 0.1) is 6.61 Å². The fourth-order valence-electron chi connectivity index (χ4n) is 0.445. The highest BCUT2D eigenvalue weighted by Gasteiger charge is 1.98. The Morgan fingerprint density at radius 3 is 2.50 bits per heavy atom. The van der Waals surface area contributed by atoms with E-state index in [4.69, 9.17) is 11.0 Å². The number of Topliss-reactive ketones (excluding diaryl/α,β-unsaturated/α-hetero) is 1. The third kappa shape index (κ3) is 7.55. The first-order valence-electron chi connectivity index (χ1n) is 2.79. The molecular weight excluding hydrogens is 134 g/mol. The Hall–Kier alpha value is -0.450. The summed E-state index contributed by atoms with van der Waals surface area (Å²) in [6, 6.07) is 0. The van der Waals surface area contributed by atoms with Crippen LogP contribution in [0.3, 0.4) is 0 Å². The number of hydrogen-bond donors (Lipinski definition) is 2. The fourth-order valence-corrected chi connectivity index (χ4v) is 0.445. The molecule has 4 nitrogen and oxygen atoms in total. The molecule has 0 aliphatic heterocycles. The summed E-state index contributed by atoms with van der Waals surface area (Å²) in [5.74, 6) is 0.0200. The van der Waals surface area contributed by atoms with E-state index in [0.717, 1.165) is 0 Å². The minimum absolute atomic E-state index is 0. The lowest BCUT2D eigenvalue weighted by molar-refractivity contribution is -0.241. The molecule has 0 rings (SSSR count). The van der Waals surface area contributed by atoms with Crippen molar-refractivity contribution in [1.82, 2.24) is 0 Å². The molecule has 0 fully saturated rings. The highest BCUT2D eigenvalue weighted by atomic mass is 17.1. The molecule has 0 aliphatic rings. The van der Waals surface area contributed by atoms with Crippen molar-refractivity contribution in [3.63, 3.8) is 0 Å². The van der Waals surface area contributed by atoms with Crippen molar-refractivity contribution >= 4 is 5.78 Å². The number of carbonyl (C=O) groups excluding carboxylic acids is 1. The van der Waals surface area contributed by atoms with E-state index in [2.05, 4.69) is 4.89 Å². The molecule has 0 heterocycles. The van der Waals surface area contributed by atoms with Crippen LogP contribution in [-0.4, -0.2) is 24.2 Å². The minimum atomic E-state index is 0. The van der Waals surface area contributed by atoms with Gasteiger partial charge >= 0.3 is 0 Å². The third-order valence-corrected chi connectivity index (χ3v) is 0.895. The van der Waals surface area contributed by atoms with Crippen LogP contribution < -0.4 is 5.73 Å². The molecule has 3 N–H and O–H groups in total. The predicted octanol–water partition coefficient (Wildman–Crippen LogP) is 0.420. The zero-order chi connectivity index (χ0) is 7.11. The van der Waals surface area contributed by atoms with Gasteiger partial charge in [-0.2, -0.15) is 0 Å². The average molecular weight is 149 g/mol. The third-order valence-electron chi connectivity index (χ3n) is 0.895. The molecule has 0 amide bonds. The standard InChI is InChI=1S/C5H11NO3.CH4/c6-3-1-5(7)2-4-9-8;/h8H,1-4,6H2;1H4. The zero-order valence-electron chi connectivity index (χ0n) is 5.17. The Bertz CT molecular complexity index is 85.1. The van der Waals surface area contributed by atoms with Gasteiger partial charge in [0.1, 0.15) is 5.78 Å². The smallest absolute Gasteiger partial charge is 0.136 e. The maximum atomic E-state index is 10.5. The first-order chi connectivity index (χ1) is 4.31. The van der Waals surface area contributed by atoms with Gasteiger partial charge in [0.15, 0.2) is 0 Å². The quantitative estimate of drug-likeness (QED) is 0.439. The zero-order valence-corrected chi connectivity index (χ0v) is 5.17. The van der Waals surface area contributed by atoms with Crippen LogP contribution in [0.5, 0.6) is 0 Å². The van der Waals surface area contributed by atoms with Gasteiger partial charge in [-0.05, 0) is 6.54 Å². The van der Waals surface area contributed by atoms with E-state index in [1.54, 1.807) is 0 Å². The van der Waals surface area contributed by atoms with Crippen molar-refractivity contribution < 1.29 is 14.9 Å². The van der Waals surface area contributed by atoms with E-state index in [0.29, 0.717) is 13.0 Å². The SMILES string of the molecule is C.NCCC(=O)CCOO. The van der Waals surface area contributed by atoms with Crippen LogP contribution in [0.1, 0.15) is 20.3 Å². The van der Waals surface area contributed by atoms with E-state index in [9.17, 15) is 4.79 Å². The summed E-state index contributed by atoms with van der Waals surface area (Å²) in [6.07, 6.45) is 0.608. The number of nitrogens with two attached hydrogens (primary N) is 1. The second-order valence-electron chi connectivity index (χ2n) is 1.66. The van der Waals surface area contributed by atoms with Gasteiger partial charge in [0, 0.05) is 12.8 Å². The molecule has 10 heavy (non-hydrogen) atoms. The summed E-state index contributed by atoms with van der Waals surface area (Å²) >= 11 is 0. The van der Waals surface area contributed by atoms with E-state index >= 15 is 0 Å². The molecule has 4 heteroatoms. The van der Waals surface area contributed by atoms with Crippen LogP contribution in [0.25, 0.3) is 0 Å². The Morgan fingerprint density at radius 2 is 2.10 bits per heavy atom. The van der Waals surface area contributed by atoms with Crippen LogP contribution in [0.2, 0.25) is 0 Å². The lowest BCUT2D eigenvalue weighted by Crippen LogP contribution is -2.09. The summed E-state index contributed by atoms with van der Waals surface area (Å²) in [4.78, 5) is 14.2. The lowest BCUT2D eigenvalue weighted by Gasteiger charge is -1.94. The van der Waals surface area contributed by atoms with Gasteiger partial charge in [0.2, 0.25) is 0 Å². The molecule has 0 aliphatic carbocycles. The van der Waals surface area contributed by atoms with Crippen molar-refractivity contribution in [2.75, 3.05) is 13.2 Å². The largest absolute Gasteiger partial charge is 0.330 e. The van der Waals surface area contributed by atoms with Crippen LogP contribution in [-0.2, 0) is 9.68 Å². The average Bonchev–Trinajstić information content (AvgIpc) is 1.85. The first-order valence-corrected chi connectivity index (χ1v) is 2.79. The highest BCUT2D eigenvalue weighted by molar-refractivity contribution is 5.78. The summed E-state index contributed by atoms with van der Waals surface area (Å²) in [5.41, 5.74) is 5.08. The molecule has 0 bridgehead atoms. The topological polar surface area (TPSA) is 72.6 Å². The Morgan fingerprint density at radius 1 is 1.50 bits per heavy atom. The monoisotopic (exact) mass is 149 g/mol. The molecule has 0 unspecified atom stereocenters. The van der Waals surface area contributed by atoms with Crippen molar-refractivity contribution in [2.24, 2.45) is 5.73 Å². The fraction of sp³-hybridized carbons (Fsp3) is 0.833. The molecule has 62 valence electrons. The maximum Gasteiger partial charge on any atom is 0.136 e. The van der Waals surface area contributed by atoms with E-state index in [1.165, 1.54) is 0 Å². The van der Waals surface area contributed by atoms with Crippen molar-refractivity contribution in [3.05, 3.63) is 0 Å². The van der Waals surface area contributed by atoms with Crippen molar-refractivity contribution in [2.45, 2.75) is 20.3 Å². The normalized spacial score (nSPS) is 8.60. The summed E-state index contributed by atoms with van der Waals surface area (Å²) in [7, 11) is 0. The van der Waals surface area contributed by atoms with Crippen molar-refractivity contribution in [1.29, 1.82) is 0 Å². The molecule has 0 atom stereocenters. The molecule has 0 saturated heterocycles. The molecule has 0 aromatic rings. The molecule has 0 radical (unpaired) electrons. The van der Waals surface area contributed by atoms with Crippen LogP contribution in [0.4, 0.5) is 0 Å². The van der Waals surface area contributed by atoms with Crippen LogP contribution in [0, 0.1) is 0 Å². The Kier molecular flexibility index (Phi) is 10.5. The molecule has 0 aromatic heterocycles. The van der Waals surface area contributed by atoms with E-state index in [-0.39, 0.29) is 26.2 Å². The predicted molar refractivity (Wildman–Crippen MR) is 38.6 cm³/mol. The minimum Gasteiger partial charge on any atom is -0.330 e. The number of rotatable bonds is 5. The summed E-state index contributed by atoms with van der Waals surface area (Å²) in [5, 5.41) is 7.80. The number of carbonyl (C=O) groups is 1. The molecule has 0 saturated carbocycles. The maximum absolute atomic E-state index is 10.5. The van der Waals surface area contributed by atoms with Gasteiger partial charge < -0.3 is 5.73 Å². The second kappa shape index (κ2) is 8.55. The lowest BCUT2D eigenvalue weighted by atomic mass is 10.2. The summed E-state index contributed by atoms with van der Waals surface area (Å²) in [6.45, 7) is 0.434. The van der Waals surface area contributed by atoms with E-state index in [1.807, 2.05) is 0 Å². The Labute approximate surface area is 60.9 Å². The first kappa shape index (κ1) is 12.2. The number of hydrogen-bond acceptors (Lipinski definition) is 4. The highest BCUT2D eigenvalue weighted by Crippen LogP contribution is 1.86. The van der Waals surface area contributed by atoms with Crippen LogP contribution >= 0.6 is 0 Å². The van der Waals surface area contributed by atoms with Crippen LogP contribution in [0.15, 0.2) is 0 Å². The van der Waals surface area contributed by atoms with Gasteiger partial charge in [-0.25, -0.2) is 4.89 Å². The molecule has 0 spiro atoms. The molecular formula is C6H15NO3. The van der Waals surface area contributed by atoms with E-state index < -0.39 is 0 Å². The van der Waals surface area contributed by atoms with Crippen molar-refractivity contribution in [3.8, 4) is 0 Å². The van der Waals surface area contributed by atoms with Gasteiger partial charge in [-0.1, -0.05) is 7.43 Å². The van der Waals surface area contributed by atoms with Gasteiger partial charge in [-0.15, -0.1) is 0 Å². The van der Waals surface area contributed by atoms with Gasteiger partial charge in [-0.3, -0.25) is 10.1 Å². The number of ketones is 1. The molecule has 0 aromatic carbocycles. The Balaban J connectivity index is 0.